The fourth-order valence-electron chi connectivity index (χ4n) is 0.508. The molecule has 3 nitrogen and oxygen atoms in total. The third-order valence-electron chi connectivity index (χ3n) is 0.847. The molecule has 0 bridgehead atoms. The summed E-state index contributed by atoms with van der Waals surface area (Å²) in [6, 6.07) is 1.84. The Morgan fingerprint density at radius 1 is 1.67 bits per heavy atom. The number of hydrogen-bond donors (Lipinski definition) is 1. The zero-order chi connectivity index (χ0) is 5.98. The predicted molar refractivity (Wildman–Crippen MR) is 34.7 cm³/mol. The molecular formula is C5H8N2OS. The highest BCUT2D eigenvalue weighted by molar-refractivity contribution is 7.71. The third-order valence-corrected chi connectivity index (χ3v) is 1.09. The normalized spacial score (nSPS) is 8.11. The number of nitrogens with zero attached hydrogens (tertiary/aromatic N) is 1. The van der Waals surface area contributed by atoms with Crippen LogP contribution in [0, 0.1) is 4.51 Å². The molecule has 2 N–H and O–H groups in total. The average Bonchev–Trinajstić information content (AvgIpc) is 1.64. The van der Waals surface area contributed by atoms with E-state index in [9.17, 15) is 0 Å². The average molecular weight is 144 g/mol. The molecule has 50 valence electrons. The minimum atomic E-state index is 0. The Hall–Kier alpha value is -0.740. The van der Waals surface area contributed by atoms with Gasteiger partial charge in [-0.05, 0) is 6.07 Å². The highest BCUT2D eigenvalue weighted by Crippen LogP contribution is 1.77. The zero-order valence-corrected chi connectivity index (χ0v) is 5.85. The van der Waals surface area contributed by atoms with E-state index in [0.717, 1.165) is 4.51 Å². The van der Waals surface area contributed by atoms with E-state index in [1.807, 2.05) is 30.2 Å². The van der Waals surface area contributed by atoms with Gasteiger partial charge in [-0.1, -0.05) is 12.2 Å². The van der Waals surface area contributed by atoms with Gasteiger partial charge in [-0.3, -0.25) is 0 Å². The Morgan fingerprint density at radius 2 is 2.33 bits per heavy atom. The monoisotopic (exact) mass is 144 g/mol. The zero-order valence-electron chi connectivity index (χ0n) is 5.03. The Morgan fingerprint density at radius 3 is 2.67 bits per heavy atom. The van der Waals surface area contributed by atoms with Crippen LogP contribution in [0.2, 0.25) is 0 Å². The van der Waals surface area contributed by atoms with Gasteiger partial charge in [0.05, 0.1) is 6.20 Å². The van der Waals surface area contributed by atoms with Crippen molar-refractivity contribution >= 4 is 12.2 Å². The number of aryl methyl sites for hydroxylation is 1. The van der Waals surface area contributed by atoms with Gasteiger partial charge in [-0.25, -0.2) is 0 Å². The van der Waals surface area contributed by atoms with Crippen molar-refractivity contribution in [2.45, 2.75) is 0 Å². The summed E-state index contributed by atoms with van der Waals surface area (Å²) in [5.74, 6) is 0. The fraction of sp³-hybridized carbons (Fsp3) is 0.200. The summed E-state index contributed by atoms with van der Waals surface area (Å²) in [7, 11) is 1.90. The number of hydrogen-bond acceptors (Lipinski definition) is 2. The lowest BCUT2D eigenvalue weighted by Gasteiger charge is -1.80. The van der Waals surface area contributed by atoms with Gasteiger partial charge in [0, 0.05) is 0 Å². The summed E-state index contributed by atoms with van der Waals surface area (Å²) < 4.78 is 2.66. The summed E-state index contributed by atoms with van der Waals surface area (Å²) >= 11 is 4.86. The molecule has 0 amide bonds. The van der Waals surface area contributed by atoms with Gasteiger partial charge >= 0.3 is 0 Å². The summed E-state index contributed by atoms with van der Waals surface area (Å²) in [6.07, 6.45) is 3.65. The molecule has 0 aliphatic heterocycles. The molecule has 0 radical (unpaired) electrons. The van der Waals surface area contributed by atoms with E-state index >= 15 is 0 Å². The van der Waals surface area contributed by atoms with Crippen LogP contribution in [-0.4, -0.2) is 10.6 Å². The first-order valence-corrected chi connectivity index (χ1v) is 2.74. The van der Waals surface area contributed by atoms with Crippen LogP contribution in [0.5, 0.6) is 0 Å². The van der Waals surface area contributed by atoms with Crippen LogP contribution < -0.4 is 4.68 Å². The van der Waals surface area contributed by atoms with Crippen LogP contribution in [0.15, 0.2) is 18.5 Å². The summed E-state index contributed by atoms with van der Waals surface area (Å²) in [5, 5.41) is 2.92. The van der Waals surface area contributed by atoms with Crippen LogP contribution in [0.25, 0.3) is 0 Å². The van der Waals surface area contributed by atoms with Gasteiger partial charge in [0.1, 0.15) is 4.51 Å². The SMILES string of the molecule is C[n+]1cc(=S)cc[nH]1.[OH-]. The van der Waals surface area contributed by atoms with Gasteiger partial charge in [0.2, 0.25) is 6.20 Å². The molecule has 0 atom stereocenters. The highest BCUT2D eigenvalue weighted by atomic mass is 32.1. The van der Waals surface area contributed by atoms with Gasteiger partial charge in [-0.15, -0.1) is 4.68 Å². The van der Waals surface area contributed by atoms with Crippen molar-refractivity contribution in [3.05, 3.63) is 23.0 Å². The Bertz CT molecular complexity index is 232. The Kier molecular flexibility index (Phi) is 3.05. The molecule has 0 saturated heterocycles. The van der Waals surface area contributed by atoms with Crippen molar-refractivity contribution in [3.63, 3.8) is 0 Å². The topological polar surface area (TPSA) is 49.7 Å². The van der Waals surface area contributed by atoms with E-state index in [0.29, 0.717) is 0 Å². The van der Waals surface area contributed by atoms with Crippen LogP contribution in [0.1, 0.15) is 0 Å². The first kappa shape index (κ1) is 8.26. The molecule has 0 saturated carbocycles. The molecule has 1 heterocycles. The van der Waals surface area contributed by atoms with E-state index in [2.05, 4.69) is 5.10 Å². The quantitative estimate of drug-likeness (QED) is 0.423. The summed E-state index contributed by atoms with van der Waals surface area (Å²) in [6.45, 7) is 0. The van der Waals surface area contributed by atoms with Crippen molar-refractivity contribution in [3.8, 4) is 0 Å². The molecular weight excluding hydrogens is 136 g/mol. The number of aromatic amines is 1. The Labute approximate surface area is 58.3 Å². The first-order chi connectivity index (χ1) is 3.79. The van der Waals surface area contributed by atoms with Crippen LogP contribution in [0.3, 0.4) is 0 Å². The van der Waals surface area contributed by atoms with Crippen LogP contribution in [-0.2, 0) is 7.05 Å². The second kappa shape index (κ2) is 3.32. The van der Waals surface area contributed by atoms with Crippen molar-refractivity contribution in [1.82, 2.24) is 5.10 Å². The van der Waals surface area contributed by atoms with Gasteiger partial charge in [0.25, 0.3) is 0 Å². The lowest BCUT2D eigenvalue weighted by atomic mass is 10.6. The molecule has 0 aliphatic rings. The Balaban J connectivity index is 0.000000640. The van der Waals surface area contributed by atoms with Gasteiger partial charge in [0.15, 0.2) is 7.05 Å². The molecule has 0 aliphatic carbocycles. The first-order valence-electron chi connectivity index (χ1n) is 2.33. The smallest absolute Gasteiger partial charge is 0.211 e. The van der Waals surface area contributed by atoms with Crippen molar-refractivity contribution in [1.29, 1.82) is 0 Å². The number of aromatic nitrogens is 2. The third kappa shape index (κ3) is 2.34. The molecule has 9 heavy (non-hydrogen) atoms. The van der Waals surface area contributed by atoms with Crippen LogP contribution >= 0.6 is 12.2 Å². The molecule has 1 aromatic rings. The molecule has 0 unspecified atom stereocenters. The second-order valence-corrected chi connectivity index (χ2v) is 2.08. The van der Waals surface area contributed by atoms with E-state index in [-0.39, 0.29) is 5.48 Å². The second-order valence-electron chi connectivity index (χ2n) is 1.60. The van der Waals surface area contributed by atoms with Gasteiger partial charge in [-0.2, -0.15) is 5.10 Å². The van der Waals surface area contributed by atoms with E-state index in [4.69, 9.17) is 12.2 Å². The predicted octanol–water partition coefficient (Wildman–Crippen LogP) is 0.392. The molecule has 1 aromatic heterocycles. The van der Waals surface area contributed by atoms with E-state index in [1.165, 1.54) is 0 Å². The lowest BCUT2D eigenvalue weighted by molar-refractivity contribution is -0.731. The molecule has 0 fully saturated rings. The van der Waals surface area contributed by atoms with E-state index < -0.39 is 0 Å². The molecule has 0 spiro atoms. The van der Waals surface area contributed by atoms with Crippen molar-refractivity contribution in [2.24, 2.45) is 7.05 Å². The van der Waals surface area contributed by atoms with Crippen molar-refractivity contribution < 1.29 is 10.2 Å². The maximum atomic E-state index is 4.86. The van der Waals surface area contributed by atoms with E-state index in [1.54, 1.807) is 0 Å². The minimum absolute atomic E-state index is 0. The highest BCUT2D eigenvalue weighted by Gasteiger charge is 1.83. The fourth-order valence-corrected chi connectivity index (χ4v) is 0.734. The summed E-state index contributed by atoms with van der Waals surface area (Å²) in [5.41, 5.74) is 0. The molecule has 1 rings (SSSR count). The maximum absolute atomic E-state index is 4.86. The number of H-pyrrole nitrogens is 1. The number of rotatable bonds is 0. The lowest BCUT2D eigenvalue weighted by Crippen LogP contribution is -2.31. The largest absolute Gasteiger partial charge is 0.870 e. The number of nitrogens with one attached hydrogen (secondary N) is 1. The molecule has 0 aromatic carbocycles. The standard InChI is InChI=1S/C5H6N2S.H2O/c1-7-4-5(8)2-3-6-7;/h2-4H,1H3;1H2. The van der Waals surface area contributed by atoms with Crippen molar-refractivity contribution in [2.75, 3.05) is 0 Å². The minimum Gasteiger partial charge on any atom is -0.870 e. The van der Waals surface area contributed by atoms with Crippen LogP contribution in [0.4, 0.5) is 0 Å². The summed E-state index contributed by atoms with van der Waals surface area (Å²) in [4.78, 5) is 0. The maximum Gasteiger partial charge on any atom is 0.211 e. The molecule has 4 heteroatoms. The van der Waals surface area contributed by atoms with Gasteiger partial charge < -0.3 is 5.48 Å².